The average Bonchev–Trinajstić information content (AvgIpc) is 3.33. The summed E-state index contributed by atoms with van der Waals surface area (Å²) in [5, 5.41) is 0. The predicted molar refractivity (Wildman–Crippen MR) is 289 cm³/mol. The third kappa shape index (κ3) is 54.2. The van der Waals surface area contributed by atoms with Crippen LogP contribution in [-0.4, -0.2) is 37.2 Å². The number of rotatable bonds is 53. The van der Waals surface area contributed by atoms with Crippen LogP contribution in [0.15, 0.2) is 48.6 Å². The number of esters is 3. The second-order valence-electron chi connectivity index (χ2n) is 19.6. The van der Waals surface area contributed by atoms with Crippen molar-refractivity contribution in [1.82, 2.24) is 0 Å². The molecular weight excluding hydrogens is 829 g/mol. The molecule has 0 radical (unpaired) electrons. The van der Waals surface area contributed by atoms with Crippen LogP contribution in [0.2, 0.25) is 0 Å². The van der Waals surface area contributed by atoms with Crippen LogP contribution in [0.25, 0.3) is 0 Å². The van der Waals surface area contributed by atoms with Gasteiger partial charge in [0.2, 0.25) is 0 Å². The summed E-state index contributed by atoms with van der Waals surface area (Å²) in [6.07, 6.45) is 68.0. The Hall–Kier alpha value is -2.63. The van der Waals surface area contributed by atoms with Crippen molar-refractivity contribution >= 4 is 17.9 Å². The van der Waals surface area contributed by atoms with Crippen LogP contribution in [0, 0.1) is 0 Å². The number of carbonyl (C=O) groups excluding carboxylic acids is 3. The van der Waals surface area contributed by atoms with Gasteiger partial charge in [0.15, 0.2) is 6.10 Å². The van der Waals surface area contributed by atoms with Crippen molar-refractivity contribution in [3.8, 4) is 0 Å². The molecule has 0 aromatic heterocycles. The molecule has 0 N–H and O–H groups in total. The second-order valence-corrected chi connectivity index (χ2v) is 19.6. The number of allylic oxidation sites excluding steroid dienone is 8. The Balaban J connectivity index is 4.38. The summed E-state index contributed by atoms with van der Waals surface area (Å²) >= 11 is 0. The summed E-state index contributed by atoms with van der Waals surface area (Å²) in [5.41, 5.74) is 0. The van der Waals surface area contributed by atoms with Gasteiger partial charge in [-0.1, -0.05) is 249 Å². The molecule has 0 aliphatic heterocycles. The first-order chi connectivity index (χ1) is 33.0. The van der Waals surface area contributed by atoms with E-state index in [1.165, 1.54) is 180 Å². The van der Waals surface area contributed by atoms with Gasteiger partial charge >= 0.3 is 17.9 Å². The zero-order valence-electron chi connectivity index (χ0n) is 44.7. The van der Waals surface area contributed by atoms with Crippen LogP contribution in [0.1, 0.15) is 303 Å². The lowest BCUT2D eigenvalue weighted by Crippen LogP contribution is -2.30. The minimum atomic E-state index is -0.779. The highest BCUT2D eigenvalue weighted by Gasteiger charge is 2.19. The Bertz CT molecular complexity index is 1170. The molecule has 67 heavy (non-hydrogen) atoms. The number of hydrogen-bond acceptors (Lipinski definition) is 6. The fourth-order valence-corrected chi connectivity index (χ4v) is 8.39. The molecule has 0 spiro atoms. The maximum atomic E-state index is 12.9. The maximum absolute atomic E-state index is 12.9. The van der Waals surface area contributed by atoms with Crippen molar-refractivity contribution in [3.05, 3.63) is 48.6 Å². The molecule has 1 atom stereocenters. The first kappa shape index (κ1) is 64.4. The molecule has 0 bridgehead atoms. The topological polar surface area (TPSA) is 78.9 Å². The zero-order chi connectivity index (χ0) is 48.6. The van der Waals surface area contributed by atoms with Gasteiger partial charge in [-0.05, 0) is 83.5 Å². The Morgan fingerprint density at radius 1 is 0.299 bits per heavy atom. The highest BCUT2D eigenvalue weighted by molar-refractivity contribution is 5.71. The average molecular weight is 940 g/mol. The smallest absolute Gasteiger partial charge is 0.306 e. The third-order valence-corrected chi connectivity index (χ3v) is 12.8. The summed E-state index contributed by atoms with van der Waals surface area (Å²) in [5.74, 6) is -0.877. The highest BCUT2D eigenvalue weighted by Crippen LogP contribution is 2.16. The van der Waals surface area contributed by atoms with Crippen molar-refractivity contribution in [2.24, 2.45) is 0 Å². The van der Waals surface area contributed by atoms with Crippen molar-refractivity contribution < 1.29 is 28.6 Å². The van der Waals surface area contributed by atoms with Crippen molar-refractivity contribution in [3.63, 3.8) is 0 Å². The second kappa shape index (κ2) is 56.0. The first-order valence-electron chi connectivity index (χ1n) is 29.1. The van der Waals surface area contributed by atoms with Gasteiger partial charge in [-0.25, -0.2) is 0 Å². The summed E-state index contributed by atoms with van der Waals surface area (Å²) < 4.78 is 16.9. The van der Waals surface area contributed by atoms with Crippen LogP contribution in [0.5, 0.6) is 0 Å². The van der Waals surface area contributed by atoms with Crippen LogP contribution in [-0.2, 0) is 28.6 Å². The van der Waals surface area contributed by atoms with Gasteiger partial charge in [0.1, 0.15) is 13.2 Å². The van der Waals surface area contributed by atoms with E-state index in [0.717, 1.165) is 83.5 Å². The van der Waals surface area contributed by atoms with E-state index >= 15 is 0 Å². The van der Waals surface area contributed by atoms with E-state index in [-0.39, 0.29) is 31.1 Å². The third-order valence-electron chi connectivity index (χ3n) is 12.8. The summed E-state index contributed by atoms with van der Waals surface area (Å²) in [4.78, 5) is 38.2. The molecule has 0 saturated carbocycles. The van der Waals surface area contributed by atoms with Gasteiger partial charge in [-0.2, -0.15) is 0 Å². The normalized spacial score (nSPS) is 12.3. The quantitative estimate of drug-likeness (QED) is 0.0262. The van der Waals surface area contributed by atoms with Gasteiger partial charge in [0.25, 0.3) is 0 Å². The monoisotopic (exact) mass is 939 g/mol. The van der Waals surface area contributed by atoms with Crippen LogP contribution < -0.4 is 0 Å². The van der Waals surface area contributed by atoms with Crippen LogP contribution in [0.3, 0.4) is 0 Å². The fourth-order valence-electron chi connectivity index (χ4n) is 8.39. The van der Waals surface area contributed by atoms with Crippen molar-refractivity contribution in [1.29, 1.82) is 0 Å². The summed E-state index contributed by atoms with van der Waals surface area (Å²) in [7, 11) is 0. The predicted octanol–water partition coefficient (Wildman–Crippen LogP) is 19.4. The molecule has 0 saturated heterocycles. The van der Waals surface area contributed by atoms with Crippen molar-refractivity contribution in [2.45, 2.75) is 309 Å². The van der Waals surface area contributed by atoms with Gasteiger partial charge in [0.05, 0.1) is 0 Å². The van der Waals surface area contributed by atoms with E-state index in [9.17, 15) is 14.4 Å². The highest BCUT2D eigenvalue weighted by atomic mass is 16.6. The molecule has 0 aliphatic carbocycles. The zero-order valence-corrected chi connectivity index (χ0v) is 44.7. The summed E-state index contributed by atoms with van der Waals surface area (Å²) in [6.45, 7) is 6.61. The van der Waals surface area contributed by atoms with Crippen LogP contribution in [0.4, 0.5) is 0 Å². The molecule has 0 rings (SSSR count). The Morgan fingerprint density at radius 2 is 0.537 bits per heavy atom. The van der Waals surface area contributed by atoms with E-state index in [0.29, 0.717) is 19.3 Å². The molecule has 0 heterocycles. The number of ether oxygens (including phenoxy) is 3. The molecule has 0 aromatic rings. The Morgan fingerprint density at radius 3 is 0.851 bits per heavy atom. The number of carbonyl (C=O) groups is 3. The number of unbranched alkanes of at least 4 members (excludes halogenated alkanes) is 34. The van der Waals surface area contributed by atoms with E-state index < -0.39 is 6.10 Å². The van der Waals surface area contributed by atoms with Crippen LogP contribution >= 0.6 is 0 Å². The lowest BCUT2D eigenvalue weighted by molar-refractivity contribution is -0.167. The van der Waals surface area contributed by atoms with E-state index in [1.54, 1.807) is 0 Å². The van der Waals surface area contributed by atoms with Gasteiger partial charge in [-0.3, -0.25) is 14.4 Å². The largest absolute Gasteiger partial charge is 0.462 e. The molecule has 0 amide bonds. The standard InChI is InChI=1S/C61H110O6/c1-4-7-10-13-16-19-22-25-28-30-33-36-39-42-45-48-51-54-60(63)66-57-58(56-65-59(62)53-50-47-44-41-38-35-32-27-24-21-18-15-12-9-6-3)67-61(64)55-52-49-46-43-40-37-34-31-29-26-23-20-17-14-11-8-5-2/h16-17,19-20,25-26,28-29,58H,4-15,18,21-24,27,30-57H2,1-3H3/b19-16-,20-17-,28-25-,29-26-. The Kier molecular flexibility index (Phi) is 53.8. The molecule has 0 aliphatic rings. The van der Waals surface area contributed by atoms with E-state index in [2.05, 4.69) is 69.4 Å². The lowest BCUT2D eigenvalue weighted by Gasteiger charge is -2.18. The molecule has 0 fully saturated rings. The maximum Gasteiger partial charge on any atom is 0.306 e. The van der Waals surface area contributed by atoms with E-state index in [1.807, 2.05) is 0 Å². The molecule has 390 valence electrons. The van der Waals surface area contributed by atoms with Gasteiger partial charge < -0.3 is 14.2 Å². The minimum absolute atomic E-state index is 0.0759. The van der Waals surface area contributed by atoms with Gasteiger partial charge in [0, 0.05) is 19.3 Å². The first-order valence-corrected chi connectivity index (χ1v) is 29.1. The molecule has 6 nitrogen and oxygen atoms in total. The van der Waals surface area contributed by atoms with Crippen molar-refractivity contribution in [2.75, 3.05) is 13.2 Å². The lowest BCUT2D eigenvalue weighted by atomic mass is 10.0. The molecule has 6 heteroatoms. The fraction of sp³-hybridized carbons (Fsp3) is 0.820. The SMILES string of the molecule is CCCCC/C=C\C/C=C\CCCCCCCCCC(=O)OCC(COC(=O)CCCCCCCCCCCCCCCCC)OC(=O)CCCCCCCCC/C=C\C/C=C\CCCCC. The van der Waals surface area contributed by atoms with Gasteiger partial charge in [-0.15, -0.1) is 0 Å². The molecular formula is C61H110O6. The summed E-state index contributed by atoms with van der Waals surface area (Å²) in [6, 6.07) is 0. The minimum Gasteiger partial charge on any atom is -0.462 e. The Labute approximate surface area is 416 Å². The molecule has 0 aromatic carbocycles. The molecule has 1 unspecified atom stereocenters. The number of hydrogen-bond donors (Lipinski definition) is 0. The van der Waals surface area contributed by atoms with E-state index in [4.69, 9.17) is 14.2 Å².